The highest BCUT2D eigenvalue weighted by molar-refractivity contribution is 7.98. The first-order chi connectivity index (χ1) is 15.0. The summed E-state index contributed by atoms with van der Waals surface area (Å²) in [5.41, 5.74) is 1.90. The van der Waals surface area contributed by atoms with E-state index >= 15 is 0 Å². The summed E-state index contributed by atoms with van der Waals surface area (Å²) in [6, 6.07) is 23.0. The van der Waals surface area contributed by atoms with Crippen LogP contribution in [0.2, 0.25) is 0 Å². The van der Waals surface area contributed by atoms with E-state index in [0.29, 0.717) is 22.5 Å². The van der Waals surface area contributed by atoms with Crippen LogP contribution in [0.5, 0.6) is 0 Å². The van der Waals surface area contributed by atoms with E-state index in [1.165, 1.54) is 16.7 Å². The SMILES string of the molecule is CSc1ccccc1NC(=O)CN(C)C(=O)c1ccccc1NC(=O)c1ccccc1. The fraction of sp³-hybridized carbons (Fsp3) is 0.125. The zero-order chi connectivity index (χ0) is 22.2. The minimum Gasteiger partial charge on any atom is -0.332 e. The summed E-state index contributed by atoms with van der Waals surface area (Å²) in [6.45, 7) is -0.123. The van der Waals surface area contributed by atoms with Gasteiger partial charge in [-0.1, -0.05) is 42.5 Å². The number of benzene rings is 3. The van der Waals surface area contributed by atoms with Crippen LogP contribution in [0.3, 0.4) is 0 Å². The van der Waals surface area contributed by atoms with E-state index in [1.807, 2.05) is 36.6 Å². The van der Waals surface area contributed by atoms with Crippen LogP contribution in [-0.2, 0) is 4.79 Å². The van der Waals surface area contributed by atoms with E-state index in [4.69, 9.17) is 0 Å². The normalized spacial score (nSPS) is 10.3. The van der Waals surface area contributed by atoms with Crippen molar-refractivity contribution in [2.45, 2.75) is 4.90 Å². The molecule has 158 valence electrons. The Morgan fingerprint density at radius 3 is 2.13 bits per heavy atom. The molecule has 0 unspecified atom stereocenters. The predicted octanol–water partition coefficient (Wildman–Crippen LogP) is 4.37. The van der Waals surface area contributed by atoms with Crippen molar-refractivity contribution < 1.29 is 14.4 Å². The van der Waals surface area contributed by atoms with E-state index in [-0.39, 0.29) is 24.3 Å². The van der Waals surface area contributed by atoms with Crippen molar-refractivity contribution in [3.8, 4) is 0 Å². The summed E-state index contributed by atoms with van der Waals surface area (Å²) in [5.74, 6) is -0.977. The summed E-state index contributed by atoms with van der Waals surface area (Å²) in [7, 11) is 1.55. The van der Waals surface area contributed by atoms with Crippen molar-refractivity contribution in [3.05, 3.63) is 90.0 Å². The number of anilines is 2. The van der Waals surface area contributed by atoms with Gasteiger partial charge in [0.05, 0.1) is 23.5 Å². The molecular weight excluding hydrogens is 410 g/mol. The Hall–Kier alpha value is -3.58. The molecule has 6 nitrogen and oxygen atoms in total. The van der Waals surface area contributed by atoms with Crippen LogP contribution < -0.4 is 10.6 Å². The Kier molecular flexibility index (Phi) is 7.45. The van der Waals surface area contributed by atoms with Crippen LogP contribution in [0.4, 0.5) is 11.4 Å². The Balaban J connectivity index is 1.69. The Morgan fingerprint density at radius 1 is 0.806 bits per heavy atom. The molecule has 0 atom stereocenters. The molecular formula is C24H23N3O3S. The van der Waals surface area contributed by atoms with Gasteiger partial charge in [0.15, 0.2) is 0 Å². The van der Waals surface area contributed by atoms with Crippen LogP contribution in [0.25, 0.3) is 0 Å². The molecule has 3 amide bonds. The van der Waals surface area contributed by atoms with Gasteiger partial charge in [-0.15, -0.1) is 11.8 Å². The van der Waals surface area contributed by atoms with E-state index in [2.05, 4.69) is 10.6 Å². The van der Waals surface area contributed by atoms with E-state index in [0.717, 1.165) is 4.90 Å². The fourth-order valence-corrected chi connectivity index (χ4v) is 3.55. The summed E-state index contributed by atoms with van der Waals surface area (Å²) >= 11 is 1.53. The van der Waals surface area contributed by atoms with Crippen molar-refractivity contribution in [1.29, 1.82) is 0 Å². The number of nitrogens with zero attached hydrogens (tertiary/aromatic N) is 1. The van der Waals surface area contributed by atoms with Crippen LogP contribution in [0.15, 0.2) is 83.8 Å². The molecule has 0 aliphatic rings. The van der Waals surface area contributed by atoms with Gasteiger partial charge < -0.3 is 15.5 Å². The highest BCUT2D eigenvalue weighted by Crippen LogP contribution is 2.24. The van der Waals surface area contributed by atoms with Crippen LogP contribution in [0, 0.1) is 0 Å². The highest BCUT2D eigenvalue weighted by atomic mass is 32.2. The summed E-state index contributed by atoms with van der Waals surface area (Å²) in [6.07, 6.45) is 1.93. The quantitative estimate of drug-likeness (QED) is 0.543. The number of carbonyl (C=O) groups is 3. The van der Waals surface area contributed by atoms with E-state index in [1.54, 1.807) is 55.6 Å². The molecule has 0 radical (unpaired) electrons. The lowest BCUT2D eigenvalue weighted by Crippen LogP contribution is -2.35. The smallest absolute Gasteiger partial charge is 0.256 e. The maximum Gasteiger partial charge on any atom is 0.256 e. The molecule has 3 aromatic carbocycles. The molecule has 7 heteroatoms. The zero-order valence-corrected chi connectivity index (χ0v) is 18.1. The number of amides is 3. The molecule has 0 heterocycles. The molecule has 0 aliphatic carbocycles. The molecule has 0 aliphatic heterocycles. The monoisotopic (exact) mass is 433 g/mol. The second-order valence-corrected chi connectivity index (χ2v) is 7.62. The minimum atomic E-state index is -0.364. The van der Waals surface area contributed by atoms with Gasteiger partial charge in [0.25, 0.3) is 11.8 Å². The molecule has 31 heavy (non-hydrogen) atoms. The third-order valence-electron chi connectivity index (χ3n) is 4.55. The fourth-order valence-electron chi connectivity index (χ4n) is 2.99. The lowest BCUT2D eigenvalue weighted by Gasteiger charge is -2.19. The lowest BCUT2D eigenvalue weighted by molar-refractivity contribution is -0.116. The first kappa shape index (κ1) is 22.1. The largest absolute Gasteiger partial charge is 0.332 e. The van der Waals surface area contributed by atoms with E-state index < -0.39 is 0 Å². The number of rotatable bonds is 7. The maximum atomic E-state index is 13.0. The molecule has 0 saturated carbocycles. The number of thioether (sulfide) groups is 1. The van der Waals surface area contributed by atoms with Crippen molar-refractivity contribution in [2.75, 3.05) is 30.5 Å². The van der Waals surface area contributed by atoms with Crippen LogP contribution in [0.1, 0.15) is 20.7 Å². The van der Waals surface area contributed by atoms with Crippen molar-refractivity contribution >= 4 is 40.9 Å². The summed E-state index contributed by atoms with van der Waals surface area (Å²) < 4.78 is 0. The van der Waals surface area contributed by atoms with Crippen molar-refractivity contribution in [2.24, 2.45) is 0 Å². The molecule has 0 saturated heterocycles. The van der Waals surface area contributed by atoms with Gasteiger partial charge in [-0.3, -0.25) is 14.4 Å². The molecule has 0 bridgehead atoms. The molecule has 3 aromatic rings. The Bertz CT molecular complexity index is 1090. The van der Waals surface area contributed by atoms with Gasteiger partial charge in [-0.2, -0.15) is 0 Å². The van der Waals surface area contributed by atoms with Gasteiger partial charge in [0.1, 0.15) is 0 Å². The third-order valence-corrected chi connectivity index (χ3v) is 5.35. The summed E-state index contributed by atoms with van der Waals surface area (Å²) in [5, 5.41) is 5.62. The molecule has 0 spiro atoms. The average Bonchev–Trinajstić information content (AvgIpc) is 2.79. The number of hydrogen-bond donors (Lipinski definition) is 2. The topological polar surface area (TPSA) is 78.5 Å². The van der Waals surface area contributed by atoms with Crippen LogP contribution in [-0.4, -0.2) is 42.5 Å². The minimum absolute atomic E-state index is 0.123. The molecule has 0 aromatic heterocycles. The van der Waals surface area contributed by atoms with E-state index in [9.17, 15) is 14.4 Å². The summed E-state index contributed by atoms with van der Waals surface area (Å²) in [4.78, 5) is 40.2. The molecule has 3 rings (SSSR count). The predicted molar refractivity (Wildman–Crippen MR) is 125 cm³/mol. The third kappa shape index (κ3) is 5.73. The van der Waals surface area contributed by atoms with Crippen molar-refractivity contribution in [1.82, 2.24) is 4.90 Å². The first-order valence-corrected chi connectivity index (χ1v) is 10.9. The Labute approximate surface area is 185 Å². The first-order valence-electron chi connectivity index (χ1n) is 9.63. The number of hydrogen-bond acceptors (Lipinski definition) is 4. The van der Waals surface area contributed by atoms with Crippen LogP contribution >= 0.6 is 11.8 Å². The second-order valence-electron chi connectivity index (χ2n) is 6.78. The number of likely N-dealkylation sites (N-methyl/N-ethyl adjacent to an activating group) is 1. The molecule has 0 fully saturated rings. The standard InChI is InChI=1S/C24H23N3O3S/c1-27(16-22(28)25-20-14-8-9-15-21(20)31-2)24(30)18-12-6-7-13-19(18)26-23(29)17-10-4-3-5-11-17/h3-15H,16H2,1-2H3,(H,25,28)(H,26,29). The van der Waals surface area contributed by atoms with Gasteiger partial charge in [0.2, 0.25) is 5.91 Å². The zero-order valence-electron chi connectivity index (χ0n) is 17.3. The number of para-hydroxylation sites is 2. The van der Waals surface area contributed by atoms with Crippen molar-refractivity contribution in [3.63, 3.8) is 0 Å². The average molecular weight is 434 g/mol. The van der Waals surface area contributed by atoms with Gasteiger partial charge in [-0.25, -0.2) is 0 Å². The number of carbonyl (C=O) groups excluding carboxylic acids is 3. The highest BCUT2D eigenvalue weighted by Gasteiger charge is 2.19. The van der Waals surface area contributed by atoms with Gasteiger partial charge in [0, 0.05) is 17.5 Å². The second kappa shape index (κ2) is 10.4. The lowest BCUT2D eigenvalue weighted by atomic mass is 10.1. The Morgan fingerprint density at radius 2 is 1.42 bits per heavy atom. The van der Waals surface area contributed by atoms with Gasteiger partial charge in [-0.05, 0) is 42.7 Å². The maximum absolute atomic E-state index is 13.0. The van der Waals surface area contributed by atoms with Gasteiger partial charge >= 0.3 is 0 Å². The number of nitrogens with one attached hydrogen (secondary N) is 2. The molecule has 2 N–H and O–H groups in total.